The van der Waals surface area contributed by atoms with E-state index in [4.69, 9.17) is 4.74 Å². The van der Waals surface area contributed by atoms with Gasteiger partial charge in [0.2, 0.25) is 5.91 Å². The maximum Gasteiger partial charge on any atom is 0.411 e. The van der Waals surface area contributed by atoms with Crippen LogP contribution in [0, 0.1) is 0 Å². The topological polar surface area (TPSA) is 58.6 Å². The lowest BCUT2D eigenvalue weighted by molar-refractivity contribution is -0.117. The number of ether oxygens (including phenoxy) is 1. The maximum atomic E-state index is 12.7. The Kier molecular flexibility index (Phi) is 7.41. The Hall–Kier alpha value is -2.82. The van der Waals surface area contributed by atoms with Gasteiger partial charge in [-0.3, -0.25) is 15.0 Å². The van der Waals surface area contributed by atoms with E-state index in [-0.39, 0.29) is 5.91 Å². The van der Waals surface area contributed by atoms with Crippen LogP contribution in [0.25, 0.3) is 0 Å². The largest absolute Gasteiger partial charge is 0.450 e. The molecule has 5 nitrogen and oxygen atoms in total. The molecule has 2 aromatic carbocycles. The Balaban J connectivity index is 0.00000126. The van der Waals surface area contributed by atoms with Crippen LogP contribution >= 0.6 is 0 Å². The van der Waals surface area contributed by atoms with E-state index in [1.807, 2.05) is 57.2 Å². The highest BCUT2D eigenvalue weighted by atomic mass is 16.5. The number of aryl methyl sites for hydroxylation is 2. The zero-order valence-corrected chi connectivity index (χ0v) is 16.5. The number of hydrogen-bond donors (Lipinski definition) is 1. The van der Waals surface area contributed by atoms with E-state index in [1.54, 1.807) is 11.8 Å². The number of carbonyl (C=O) groups is 2. The van der Waals surface area contributed by atoms with Gasteiger partial charge in [0, 0.05) is 12.1 Å². The summed E-state index contributed by atoms with van der Waals surface area (Å²) in [7, 11) is 0. The average molecular weight is 368 g/mol. The summed E-state index contributed by atoms with van der Waals surface area (Å²) in [5.41, 5.74) is 4.60. The molecule has 1 N–H and O–H groups in total. The summed E-state index contributed by atoms with van der Waals surface area (Å²) in [6, 6.07) is 13.6. The van der Waals surface area contributed by atoms with Crippen molar-refractivity contribution in [1.29, 1.82) is 0 Å². The van der Waals surface area contributed by atoms with Crippen LogP contribution in [0.4, 0.5) is 21.9 Å². The predicted molar refractivity (Wildman–Crippen MR) is 110 cm³/mol. The first-order chi connectivity index (χ1) is 13.1. The number of nitrogens with zero attached hydrogens (tertiary/aromatic N) is 1. The van der Waals surface area contributed by atoms with Crippen LogP contribution in [0.2, 0.25) is 0 Å². The molecule has 0 atom stereocenters. The van der Waals surface area contributed by atoms with E-state index < -0.39 is 6.09 Å². The molecule has 144 valence electrons. The number of anilines is 3. The molecule has 2 amide bonds. The summed E-state index contributed by atoms with van der Waals surface area (Å²) in [6.07, 6.45) is 1.63. The number of para-hydroxylation sites is 1. The van der Waals surface area contributed by atoms with Crippen LogP contribution in [0.5, 0.6) is 0 Å². The highest BCUT2D eigenvalue weighted by molar-refractivity contribution is 6.03. The minimum Gasteiger partial charge on any atom is -0.450 e. The van der Waals surface area contributed by atoms with Gasteiger partial charge in [-0.1, -0.05) is 45.0 Å². The molecule has 3 rings (SSSR count). The van der Waals surface area contributed by atoms with Gasteiger partial charge in [-0.25, -0.2) is 4.79 Å². The van der Waals surface area contributed by atoms with E-state index in [0.717, 1.165) is 35.3 Å². The SMILES string of the molecule is CC.CCOC(=O)Nc1ccc2c(c1)N(C(=O)CC)c1ccccc1CC2. The van der Waals surface area contributed by atoms with E-state index >= 15 is 0 Å². The van der Waals surface area contributed by atoms with Crippen molar-refractivity contribution in [3.05, 3.63) is 53.6 Å². The Morgan fingerprint density at radius 1 is 1.00 bits per heavy atom. The summed E-state index contributed by atoms with van der Waals surface area (Å²) in [5.74, 6) is 0.0314. The first-order valence-electron chi connectivity index (χ1n) is 9.61. The molecule has 0 radical (unpaired) electrons. The Bertz CT molecular complexity index is 802. The van der Waals surface area contributed by atoms with Crippen molar-refractivity contribution >= 4 is 29.1 Å². The maximum absolute atomic E-state index is 12.7. The second-order valence-corrected chi connectivity index (χ2v) is 5.90. The molecular weight excluding hydrogens is 340 g/mol. The van der Waals surface area contributed by atoms with Crippen LogP contribution in [-0.4, -0.2) is 18.6 Å². The Morgan fingerprint density at radius 3 is 2.33 bits per heavy atom. The van der Waals surface area contributed by atoms with Crippen LogP contribution in [0.15, 0.2) is 42.5 Å². The van der Waals surface area contributed by atoms with Crippen molar-refractivity contribution < 1.29 is 14.3 Å². The molecule has 1 aliphatic heterocycles. The number of hydrogen-bond acceptors (Lipinski definition) is 3. The lowest BCUT2D eigenvalue weighted by atomic mass is 10.0. The molecular formula is C22H28N2O3. The van der Waals surface area contributed by atoms with Crippen molar-refractivity contribution in [1.82, 2.24) is 0 Å². The van der Waals surface area contributed by atoms with Gasteiger partial charge in [-0.15, -0.1) is 0 Å². The molecule has 0 saturated heterocycles. The number of fused-ring (bicyclic) bond motifs is 2. The standard InChI is InChI=1S/C20H22N2O3.C2H6/c1-3-19(23)22-17-8-6-5-7-14(17)9-10-15-11-12-16(13-18(15)22)21-20(24)25-4-2;1-2/h5-8,11-13H,3-4,9-10H2,1-2H3,(H,21,24);1-2H3. The summed E-state index contributed by atoms with van der Waals surface area (Å²) >= 11 is 0. The van der Waals surface area contributed by atoms with Gasteiger partial charge < -0.3 is 4.74 Å². The number of amides is 2. The number of benzene rings is 2. The van der Waals surface area contributed by atoms with Gasteiger partial charge in [0.05, 0.1) is 18.0 Å². The lowest BCUT2D eigenvalue weighted by Crippen LogP contribution is -2.26. The van der Waals surface area contributed by atoms with Gasteiger partial charge in [-0.2, -0.15) is 0 Å². The Labute approximate surface area is 161 Å². The summed E-state index contributed by atoms with van der Waals surface area (Å²) in [6.45, 7) is 7.93. The van der Waals surface area contributed by atoms with E-state index in [0.29, 0.717) is 18.7 Å². The van der Waals surface area contributed by atoms with Crippen molar-refractivity contribution in [3.8, 4) is 0 Å². The predicted octanol–water partition coefficient (Wildman–Crippen LogP) is 5.45. The molecule has 0 fully saturated rings. The summed E-state index contributed by atoms with van der Waals surface area (Å²) in [5, 5.41) is 2.72. The van der Waals surface area contributed by atoms with Gasteiger partial charge in [0.15, 0.2) is 0 Å². The third kappa shape index (κ3) is 4.67. The number of rotatable bonds is 3. The molecule has 0 unspecified atom stereocenters. The average Bonchev–Trinajstić information content (AvgIpc) is 2.85. The van der Waals surface area contributed by atoms with Crippen molar-refractivity contribution in [2.45, 2.75) is 47.0 Å². The van der Waals surface area contributed by atoms with Crippen LogP contribution in [0.3, 0.4) is 0 Å². The second kappa shape index (κ2) is 9.76. The number of carbonyl (C=O) groups excluding carboxylic acids is 2. The normalized spacial score (nSPS) is 11.9. The van der Waals surface area contributed by atoms with Crippen LogP contribution < -0.4 is 10.2 Å². The first kappa shape index (κ1) is 20.5. The summed E-state index contributed by atoms with van der Waals surface area (Å²) in [4.78, 5) is 26.2. The molecule has 0 aliphatic carbocycles. The second-order valence-electron chi connectivity index (χ2n) is 5.90. The summed E-state index contributed by atoms with van der Waals surface area (Å²) < 4.78 is 4.94. The zero-order chi connectivity index (χ0) is 19.8. The van der Waals surface area contributed by atoms with Gasteiger partial charge in [0.1, 0.15) is 0 Å². The third-order valence-corrected chi connectivity index (χ3v) is 4.30. The highest BCUT2D eigenvalue weighted by Crippen LogP contribution is 2.38. The van der Waals surface area contributed by atoms with Crippen molar-refractivity contribution in [2.24, 2.45) is 0 Å². The minimum absolute atomic E-state index is 0.0314. The van der Waals surface area contributed by atoms with E-state index in [1.165, 1.54) is 0 Å². The smallest absolute Gasteiger partial charge is 0.411 e. The molecule has 27 heavy (non-hydrogen) atoms. The third-order valence-electron chi connectivity index (χ3n) is 4.30. The Morgan fingerprint density at radius 2 is 1.67 bits per heavy atom. The number of nitrogens with one attached hydrogen (secondary N) is 1. The highest BCUT2D eigenvalue weighted by Gasteiger charge is 2.25. The zero-order valence-electron chi connectivity index (χ0n) is 16.5. The first-order valence-corrected chi connectivity index (χ1v) is 9.61. The van der Waals surface area contributed by atoms with E-state index in [9.17, 15) is 9.59 Å². The quantitative estimate of drug-likeness (QED) is 0.783. The fraction of sp³-hybridized carbons (Fsp3) is 0.364. The van der Waals surface area contributed by atoms with Crippen LogP contribution in [0.1, 0.15) is 45.2 Å². The van der Waals surface area contributed by atoms with Gasteiger partial charge in [0.25, 0.3) is 0 Å². The molecule has 5 heteroatoms. The van der Waals surface area contributed by atoms with E-state index in [2.05, 4.69) is 11.4 Å². The van der Waals surface area contributed by atoms with Gasteiger partial charge in [-0.05, 0) is 49.1 Å². The lowest BCUT2D eigenvalue weighted by Gasteiger charge is -2.25. The molecule has 2 aromatic rings. The van der Waals surface area contributed by atoms with Gasteiger partial charge >= 0.3 is 6.09 Å². The monoisotopic (exact) mass is 368 g/mol. The molecule has 1 aliphatic rings. The fourth-order valence-electron chi connectivity index (χ4n) is 3.11. The van der Waals surface area contributed by atoms with Crippen molar-refractivity contribution in [2.75, 3.05) is 16.8 Å². The van der Waals surface area contributed by atoms with Crippen LogP contribution in [-0.2, 0) is 22.4 Å². The van der Waals surface area contributed by atoms with Crippen molar-refractivity contribution in [3.63, 3.8) is 0 Å². The molecule has 0 bridgehead atoms. The molecule has 0 spiro atoms. The fourth-order valence-corrected chi connectivity index (χ4v) is 3.11. The minimum atomic E-state index is -0.496. The molecule has 1 heterocycles. The molecule has 0 aromatic heterocycles. The molecule has 0 saturated carbocycles.